The lowest BCUT2D eigenvalue weighted by Gasteiger charge is -2.09. The third kappa shape index (κ3) is 3.00. The monoisotopic (exact) mass is 287 g/mol. The van der Waals surface area contributed by atoms with Gasteiger partial charge in [-0.3, -0.25) is 14.9 Å². The molecule has 0 aliphatic rings. The zero-order valence-corrected chi connectivity index (χ0v) is 11.5. The van der Waals surface area contributed by atoms with E-state index in [-0.39, 0.29) is 11.3 Å². The molecule has 0 heterocycles. The number of ether oxygens (including phenoxy) is 2. The maximum atomic E-state index is 11.0. The molecular formula is C15H13NO5. The summed E-state index contributed by atoms with van der Waals surface area (Å²) in [6.07, 6.45) is 0.466. The predicted octanol–water partition coefficient (Wildman–Crippen LogP) is 3.09. The van der Waals surface area contributed by atoms with Gasteiger partial charge in [-0.1, -0.05) is 6.07 Å². The molecule has 21 heavy (non-hydrogen) atoms. The van der Waals surface area contributed by atoms with Crippen LogP contribution in [0.2, 0.25) is 0 Å². The van der Waals surface area contributed by atoms with Crippen LogP contribution in [-0.4, -0.2) is 25.4 Å². The van der Waals surface area contributed by atoms with Gasteiger partial charge in [-0.25, -0.2) is 0 Å². The first-order valence-electron chi connectivity index (χ1n) is 6.06. The highest BCUT2D eigenvalue weighted by Gasteiger charge is 2.15. The number of carbonyl (C=O) groups is 1. The van der Waals surface area contributed by atoms with E-state index in [4.69, 9.17) is 9.47 Å². The third-order valence-electron chi connectivity index (χ3n) is 3.04. The zero-order chi connectivity index (χ0) is 15.4. The Morgan fingerprint density at radius 1 is 1.00 bits per heavy atom. The number of methoxy groups -OCH3 is 2. The van der Waals surface area contributed by atoms with Crippen LogP contribution in [0.3, 0.4) is 0 Å². The van der Waals surface area contributed by atoms with Crippen molar-refractivity contribution in [3.05, 3.63) is 52.1 Å². The van der Waals surface area contributed by atoms with Crippen molar-refractivity contribution < 1.29 is 19.2 Å². The minimum atomic E-state index is -0.579. The van der Waals surface area contributed by atoms with Crippen LogP contribution in [0.5, 0.6) is 11.5 Å². The summed E-state index contributed by atoms with van der Waals surface area (Å²) in [6, 6.07) is 9.61. The van der Waals surface area contributed by atoms with Crippen LogP contribution in [0.25, 0.3) is 11.1 Å². The Labute approximate surface area is 121 Å². The second-order valence-electron chi connectivity index (χ2n) is 4.25. The molecule has 0 unspecified atom stereocenters. The van der Waals surface area contributed by atoms with Gasteiger partial charge in [-0.05, 0) is 29.3 Å². The first kappa shape index (κ1) is 14.5. The standard InChI is InChI=1S/C15H13NO5/c1-20-13-5-12(6-14(8-13)21-2)10-3-4-11(9-17)15(7-10)16(18)19/h3-9H,1-2H3. The van der Waals surface area contributed by atoms with Gasteiger partial charge in [0.25, 0.3) is 5.69 Å². The van der Waals surface area contributed by atoms with Gasteiger partial charge >= 0.3 is 0 Å². The van der Waals surface area contributed by atoms with E-state index < -0.39 is 4.92 Å². The third-order valence-corrected chi connectivity index (χ3v) is 3.04. The van der Waals surface area contributed by atoms with Crippen LogP contribution in [-0.2, 0) is 0 Å². The summed E-state index contributed by atoms with van der Waals surface area (Å²) < 4.78 is 10.3. The van der Waals surface area contributed by atoms with E-state index in [1.54, 1.807) is 24.3 Å². The van der Waals surface area contributed by atoms with E-state index in [1.807, 2.05) is 0 Å². The average Bonchev–Trinajstić information content (AvgIpc) is 2.53. The SMILES string of the molecule is COc1cc(OC)cc(-c2ccc(C=O)c([N+](=O)[O-])c2)c1. The number of nitrogens with zero attached hydrogens (tertiary/aromatic N) is 1. The van der Waals surface area contributed by atoms with E-state index in [0.29, 0.717) is 28.9 Å². The molecule has 0 aliphatic carbocycles. The number of nitro groups is 1. The molecule has 0 fully saturated rings. The van der Waals surface area contributed by atoms with Gasteiger partial charge in [-0.2, -0.15) is 0 Å². The molecule has 108 valence electrons. The van der Waals surface area contributed by atoms with Crippen LogP contribution in [0.1, 0.15) is 10.4 Å². The van der Waals surface area contributed by atoms with Crippen LogP contribution in [0.4, 0.5) is 5.69 Å². The molecular weight excluding hydrogens is 274 g/mol. The lowest BCUT2D eigenvalue weighted by molar-refractivity contribution is -0.385. The van der Waals surface area contributed by atoms with E-state index in [9.17, 15) is 14.9 Å². The van der Waals surface area contributed by atoms with Crippen molar-refractivity contribution in [3.63, 3.8) is 0 Å². The molecule has 0 N–H and O–H groups in total. The Kier molecular flexibility index (Phi) is 4.18. The first-order chi connectivity index (χ1) is 10.1. The lowest BCUT2D eigenvalue weighted by atomic mass is 10.0. The largest absolute Gasteiger partial charge is 0.497 e. The first-order valence-corrected chi connectivity index (χ1v) is 6.06. The Morgan fingerprint density at radius 3 is 2.10 bits per heavy atom. The number of rotatable bonds is 5. The van der Waals surface area contributed by atoms with Crippen LogP contribution in [0.15, 0.2) is 36.4 Å². The summed E-state index contributed by atoms with van der Waals surface area (Å²) in [6.45, 7) is 0. The van der Waals surface area contributed by atoms with Crippen molar-refractivity contribution >= 4 is 12.0 Å². The van der Waals surface area contributed by atoms with Gasteiger partial charge < -0.3 is 9.47 Å². The van der Waals surface area contributed by atoms with Gasteiger partial charge in [0.2, 0.25) is 0 Å². The second-order valence-corrected chi connectivity index (χ2v) is 4.25. The van der Waals surface area contributed by atoms with Crippen molar-refractivity contribution in [3.8, 4) is 22.6 Å². The summed E-state index contributed by atoms with van der Waals surface area (Å²) in [7, 11) is 3.05. The Hall–Kier alpha value is -2.89. The molecule has 2 rings (SSSR count). The quantitative estimate of drug-likeness (QED) is 0.479. The van der Waals surface area contributed by atoms with E-state index in [0.717, 1.165) is 0 Å². The number of carbonyl (C=O) groups excluding carboxylic acids is 1. The summed E-state index contributed by atoms with van der Waals surface area (Å²) >= 11 is 0. The molecule has 0 aromatic heterocycles. The van der Waals surface area contributed by atoms with Gasteiger partial charge in [-0.15, -0.1) is 0 Å². The average molecular weight is 287 g/mol. The highest BCUT2D eigenvalue weighted by atomic mass is 16.6. The summed E-state index contributed by atoms with van der Waals surface area (Å²) in [5, 5.41) is 11.0. The Bertz CT molecular complexity index is 674. The van der Waals surface area contributed by atoms with Crippen LogP contribution in [0, 0.1) is 10.1 Å². The molecule has 0 saturated heterocycles. The smallest absolute Gasteiger partial charge is 0.280 e. The van der Waals surface area contributed by atoms with Gasteiger partial charge in [0.1, 0.15) is 11.5 Å². The van der Waals surface area contributed by atoms with Crippen molar-refractivity contribution in [2.24, 2.45) is 0 Å². The van der Waals surface area contributed by atoms with E-state index in [1.165, 1.54) is 26.4 Å². The second kappa shape index (κ2) is 6.04. The number of hydrogen-bond donors (Lipinski definition) is 0. The molecule has 2 aromatic carbocycles. The molecule has 2 aromatic rings. The topological polar surface area (TPSA) is 78.7 Å². The molecule has 6 nitrogen and oxygen atoms in total. The highest BCUT2D eigenvalue weighted by molar-refractivity contribution is 5.84. The molecule has 0 radical (unpaired) electrons. The minimum absolute atomic E-state index is 0.0404. The molecule has 6 heteroatoms. The lowest BCUT2D eigenvalue weighted by Crippen LogP contribution is -1.95. The fourth-order valence-electron chi connectivity index (χ4n) is 1.96. The maximum absolute atomic E-state index is 11.0. The minimum Gasteiger partial charge on any atom is -0.497 e. The van der Waals surface area contributed by atoms with E-state index >= 15 is 0 Å². The molecule has 0 spiro atoms. The van der Waals surface area contributed by atoms with Gasteiger partial charge in [0.15, 0.2) is 6.29 Å². The van der Waals surface area contributed by atoms with Crippen molar-refractivity contribution in [1.82, 2.24) is 0 Å². The van der Waals surface area contributed by atoms with Gasteiger partial charge in [0, 0.05) is 12.1 Å². The van der Waals surface area contributed by atoms with Crippen molar-refractivity contribution in [1.29, 1.82) is 0 Å². The predicted molar refractivity (Wildman–Crippen MR) is 77.0 cm³/mol. The summed E-state index contributed by atoms with van der Waals surface area (Å²) in [5.74, 6) is 1.15. The zero-order valence-electron chi connectivity index (χ0n) is 11.5. The number of nitro benzene ring substituents is 1. The molecule has 0 bridgehead atoms. The van der Waals surface area contributed by atoms with Crippen molar-refractivity contribution in [2.45, 2.75) is 0 Å². The molecule has 0 amide bonds. The van der Waals surface area contributed by atoms with Crippen LogP contribution >= 0.6 is 0 Å². The number of aldehydes is 1. The Morgan fingerprint density at radius 2 is 1.62 bits per heavy atom. The summed E-state index contributed by atoms with van der Waals surface area (Å²) in [4.78, 5) is 21.3. The van der Waals surface area contributed by atoms with Crippen LogP contribution < -0.4 is 9.47 Å². The van der Waals surface area contributed by atoms with Crippen molar-refractivity contribution in [2.75, 3.05) is 14.2 Å². The fourth-order valence-corrected chi connectivity index (χ4v) is 1.96. The van der Waals surface area contributed by atoms with Gasteiger partial charge in [0.05, 0.1) is 24.7 Å². The normalized spacial score (nSPS) is 10.0. The number of benzene rings is 2. The molecule has 0 atom stereocenters. The number of hydrogen-bond acceptors (Lipinski definition) is 5. The highest BCUT2D eigenvalue weighted by Crippen LogP contribution is 2.32. The fraction of sp³-hybridized carbons (Fsp3) is 0.133. The maximum Gasteiger partial charge on any atom is 0.280 e. The molecule has 0 aliphatic heterocycles. The van der Waals surface area contributed by atoms with E-state index in [2.05, 4.69) is 0 Å². The summed E-state index contributed by atoms with van der Waals surface area (Å²) in [5.41, 5.74) is 1.11. The molecule has 0 saturated carbocycles. The Balaban J connectivity index is 2.58.